The number of carbonyl (C=O) groups excluding carboxylic acids is 3. The van der Waals surface area contributed by atoms with Gasteiger partial charge in [-0.1, -0.05) is 67.8 Å². The Labute approximate surface area is 198 Å². The fraction of sp³-hybridized carbons (Fsp3) is 0.207. The van der Waals surface area contributed by atoms with Gasteiger partial charge in [0.05, 0.1) is 5.56 Å². The average molecular weight is 455 g/mol. The van der Waals surface area contributed by atoms with E-state index in [1.807, 2.05) is 18.2 Å². The van der Waals surface area contributed by atoms with Crippen molar-refractivity contribution in [2.45, 2.75) is 37.7 Å². The molecule has 1 aliphatic carbocycles. The van der Waals surface area contributed by atoms with E-state index in [0.29, 0.717) is 35.3 Å². The summed E-state index contributed by atoms with van der Waals surface area (Å²) in [7, 11) is 0. The van der Waals surface area contributed by atoms with E-state index in [1.54, 1.807) is 66.7 Å². The van der Waals surface area contributed by atoms with Crippen LogP contribution in [0.1, 0.15) is 68.7 Å². The summed E-state index contributed by atoms with van der Waals surface area (Å²) in [5.74, 6) is -0.587. The molecular weight excluding hydrogens is 428 g/mol. The fourth-order valence-corrected chi connectivity index (χ4v) is 4.07. The Kier molecular flexibility index (Phi) is 7.14. The Morgan fingerprint density at radius 3 is 2.00 bits per heavy atom. The summed E-state index contributed by atoms with van der Waals surface area (Å²) >= 11 is 0. The lowest BCUT2D eigenvalue weighted by atomic mass is 9.79. The van der Waals surface area contributed by atoms with Gasteiger partial charge in [0, 0.05) is 11.1 Å². The second-order valence-corrected chi connectivity index (χ2v) is 8.52. The zero-order valence-corrected chi connectivity index (χ0v) is 18.8. The molecule has 0 atom stereocenters. The van der Waals surface area contributed by atoms with Crippen LogP contribution in [0.2, 0.25) is 0 Å². The van der Waals surface area contributed by atoms with Gasteiger partial charge in [-0.05, 0) is 60.9 Å². The smallest absolute Gasteiger partial charge is 0.343 e. The van der Waals surface area contributed by atoms with Gasteiger partial charge < -0.3 is 9.84 Å². The van der Waals surface area contributed by atoms with Crippen molar-refractivity contribution in [3.05, 3.63) is 107 Å². The molecule has 0 unspecified atom stereocenters. The summed E-state index contributed by atoms with van der Waals surface area (Å²) in [5, 5.41) is 10.6. The molecule has 0 saturated heterocycles. The quantitative estimate of drug-likeness (QED) is 0.215. The van der Waals surface area contributed by atoms with Crippen molar-refractivity contribution in [2.24, 2.45) is 0 Å². The molecule has 4 rings (SSSR count). The van der Waals surface area contributed by atoms with Gasteiger partial charge in [0.2, 0.25) is 0 Å². The molecule has 34 heavy (non-hydrogen) atoms. The van der Waals surface area contributed by atoms with Crippen molar-refractivity contribution in [3.63, 3.8) is 0 Å². The first-order valence-electron chi connectivity index (χ1n) is 11.4. The maximum atomic E-state index is 12.7. The second-order valence-electron chi connectivity index (χ2n) is 8.52. The van der Waals surface area contributed by atoms with E-state index >= 15 is 0 Å². The van der Waals surface area contributed by atoms with Gasteiger partial charge in [0.1, 0.15) is 11.4 Å². The minimum absolute atomic E-state index is 0.0957. The Hall–Kier alpha value is -3.83. The number of Topliss-reactive ketones (excluding diaryl/α,β-unsaturated/α-hetero) is 1. The number of aliphatic hydroxyl groups is 1. The predicted octanol–water partition coefficient (Wildman–Crippen LogP) is 5.68. The van der Waals surface area contributed by atoms with E-state index in [0.717, 1.165) is 24.8 Å². The minimum atomic E-state index is -1.29. The topological polar surface area (TPSA) is 80.7 Å². The highest BCUT2D eigenvalue weighted by atomic mass is 16.5. The third-order valence-corrected chi connectivity index (χ3v) is 6.06. The zero-order valence-electron chi connectivity index (χ0n) is 18.8. The lowest BCUT2D eigenvalue weighted by molar-refractivity contribution is 0.0116. The first-order chi connectivity index (χ1) is 16.4. The maximum absolute atomic E-state index is 12.7. The Bertz CT molecular complexity index is 1190. The molecular formula is C29H26O5. The number of benzene rings is 3. The van der Waals surface area contributed by atoms with Crippen LogP contribution in [0.4, 0.5) is 0 Å². The molecule has 0 amide bonds. The molecule has 0 aliphatic heterocycles. The van der Waals surface area contributed by atoms with Crippen molar-refractivity contribution in [1.82, 2.24) is 0 Å². The number of hydrogen-bond donors (Lipinski definition) is 1. The molecule has 1 saturated carbocycles. The number of hydrogen-bond acceptors (Lipinski definition) is 5. The molecule has 5 nitrogen and oxygen atoms in total. The van der Waals surface area contributed by atoms with E-state index in [9.17, 15) is 19.5 Å². The summed E-state index contributed by atoms with van der Waals surface area (Å²) in [4.78, 5) is 37.4. The molecule has 0 spiro atoms. The predicted molar refractivity (Wildman–Crippen MR) is 130 cm³/mol. The van der Waals surface area contributed by atoms with Crippen LogP contribution in [-0.4, -0.2) is 28.2 Å². The average Bonchev–Trinajstić information content (AvgIpc) is 2.88. The van der Waals surface area contributed by atoms with Gasteiger partial charge >= 0.3 is 5.97 Å². The number of allylic oxidation sites excluding steroid dienone is 1. The lowest BCUT2D eigenvalue weighted by Gasteiger charge is -2.30. The van der Waals surface area contributed by atoms with Crippen LogP contribution >= 0.6 is 0 Å². The van der Waals surface area contributed by atoms with Crippen molar-refractivity contribution in [1.29, 1.82) is 0 Å². The van der Waals surface area contributed by atoms with E-state index < -0.39 is 11.6 Å². The van der Waals surface area contributed by atoms with E-state index in [4.69, 9.17) is 4.74 Å². The van der Waals surface area contributed by atoms with Gasteiger partial charge in [-0.2, -0.15) is 0 Å². The van der Waals surface area contributed by atoms with Gasteiger partial charge in [-0.3, -0.25) is 9.59 Å². The van der Waals surface area contributed by atoms with Crippen LogP contribution in [0, 0.1) is 0 Å². The Morgan fingerprint density at radius 2 is 1.35 bits per heavy atom. The summed E-state index contributed by atoms with van der Waals surface area (Å²) < 4.78 is 5.42. The van der Waals surface area contributed by atoms with Crippen molar-refractivity contribution in [2.75, 3.05) is 0 Å². The number of ether oxygens (including phenoxy) is 1. The van der Waals surface area contributed by atoms with Crippen LogP contribution in [-0.2, 0) is 0 Å². The molecule has 0 heterocycles. The highest BCUT2D eigenvalue weighted by Gasteiger charge is 2.37. The molecule has 3 aromatic carbocycles. The molecule has 0 bridgehead atoms. The highest BCUT2D eigenvalue weighted by Crippen LogP contribution is 2.31. The molecule has 1 N–H and O–H groups in total. The zero-order chi connectivity index (χ0) is 24.0. The SMILES string of the molecule is O=C(C=Cc1ccc(C(=O)Oc2ccc(C(=O)C3(O)CCCCC3)cc2)cc1)c1ccccc1. The lowest BCUT2D eigenvalue weighted by Crippen LogP contribution is -2.40. The number of esters is 1. The maximum Gasteiger partial charge on any atom is 0.343 e. The van der Waals surface area contributed by atoms with Crippen LogP contribution in [0.3, 0.4) is 0 Å². The monoisotopic (exact) mass is 454 g/mol. The summed E-state index contributed by atoms with van der Waals surface area (Å²) in [6.45, 7) is 0. The second kappa shape index (κ2) is 10.4. The van der Waals surface area contributed by atoms with Crippen LogP contribution in [0.15, 0.2) is 84.9 Å². The third-order valence-electron chi connectivity index (χ3n) is 6.06. The van der Waals surface area contributed by atoms with Crippen LogP contribution in [0.5, 0.6) is 5.75 Å². The molecule has 1 aliphatic rings. The van der Waals surface area contributed by atoms with Gasteiger partial charge in [-0.15, -0.1) is 0 Å². The molecule has 0 radical (unpaired) electrons. The minimum Gasteiger partial charge on any atom is -0.423 e. The number of ketones is 2. The number of carbonyl (C=O) groups is 3. The van der Waals surface area contributed by atoms with Gasteiger partial charge in [0.25, 0.3) is 0 Å². The number of rotatable bonds is 7. The van der Waals surface area contributed by atoms with E-state index in [2.05, 4.69) is 0 Å². The van der Waals surface area contributed by atoms with Gasteiger partial charge in [0.15, 0.2) is 11.6 Å². The fourth-order valence-electron chi connectivity index (χ4n) is 4.07. The largest absolute Gasteiger partial charge is 0.423 e. The van der Waals surface area contributed by atoms with Crippen molar-refractivity contribution in [3.8, 4) is 5.75 Å². The summed E-state index contributed by atoms with van der Waals surface area (Å²) in [6.07, 6.45) is 6.87. The van der Waals surface area contributed by atoms with E-state index in [1.165, 1.54) is 6.08 Å². The standard InChI is InChI=1S/C29H26O5/c30-26(22-7-3-1-4-8-22)18-11-21-9-12-24(13-10-21)28(32)34-25-16-14-23(15-17-25)27(31)29(33)19-5-2-6-20-29/h1,3-4,7-18,33H,2,5-6,19-20H2. The molecule has 1 fully saturated rings. The summed E-state index contributed by atoms with van der Waals surface area (Å²) in [6, 6.07) is 22.0. The molecule has 172 valence electrons. The first kappa shape index (κ1) is 23.3. The molecule has 5 heteroatoms. The highest BCUT2D eigenvalue weighted by molar-refractivity contribution is 6.06. The van der Waals surface area contributed by atoms with E-state index in [-0.39, 0.29) is 11.6 Å². The van der Waals surface area contributed by atoms with Crippen LogP contribution < -0.4 is 4.74 Å². The molecule has 3 aromatic rings. The van der Waals surface area contributed by atoms with Crippen molar-refractivity contribution < 1.29 is 24.2 Å². The summed E-state index contributed by atoms with van der Waals surface area (Å²) in [5.41, 5.74) is 0.871. The van der Waals surface area contributed by atoms with Crippen LogP contribution in [0.25, 0.3) is 6.08 Å². The third kappa shape index (κ3) is 5.56. The van der Waals surface area contributed by atoms with Gasteiger partial charge in [-0.25, -0.2) is 4.79 Å². The first-order valence-corrected chi connectivity index (χ1v) is 11.4. The normalized spacial score (nSPS) is 15.1. The Morgan fingerprint density at radius 1 is 0.735 bits per heavy atom. The molecule has 0 aromatic heterocycles. The Balaban J connectivity index is 1.36. The van der Waals surface area contributed by atoms with Crippen molar-refractivity contribution >= 4 is 23.6 Å².